The molecule has 1 aromatic heterocycles. The molecule has 1 amide bonds. The van der Waals surface area contributed by atoms with Gasteiger partial charge >= 0.3 is 5.97 Å². The molecule has 1 aliphatic rings. The van der Waals surface area contributed by atoms with E-state index in [2.05, 4.69) is 18.8 Å². The van der Waals surface area contributed by atoms with Crippen molar-refractivity contribution in [3.05, 3.63) is 29.6 Å². The van der Waals surface area contributed by atoms with E-state index < -0.39 is 5.97 Å². The molecule has 1 aliphatic heterocycles. The lowest BCUT2D eigenvalue weighted by Gasteiger charge is -2.17. The quantitative estimate of drug-likeness (QED) is 0.870. The molecule has 0 unspecified atom stereocenters. The van der Waals surface area contributed by atoms with Crippen molar-refractivity contribution < 1.29 is 19.4 Å². The SMILES string of the molecule is CC(C)CCO[C@H]1CCN(C(=O)c2ccc(C(=O)O)nc2)C1. The van der Waals surface area contributed by atoms with Crippen LogP contribution in [0.25, 0.3) is 0 Å². The normalized spacial score (nSPS) is 18.0. The second-order valence-electron chi connectivity index (χ2n) is 5.95. The van der Waals surface area contributed by atoms with Crippen molar-refractivity contribution in [1.82, 2.24) is 9.88 Å². The van der Waals surface area contributed by atoms with E-state index in [-0.39, 0.29) is 17.7 Å². The van der Waals surface area contributed by atoms with E-state index >= 15 is 0 Å². The van der Waals surface area contributed by atoms with E-state index in [1.807, 2.05) is 0 Å². The minimum Gasteiger partial charge on any atom is -0.477 e. The Morgan fingerprint density at radius 3 is 2.82 bits per heavy atom. The van der Waals surface area contributed by atoms with E-state index in [1.165, 1.54) is 18.3 Å². The lowest BCUT2D eigenvalue weighted by Crippen LogP contribution is -2.30. The number of ether oxygens (including phenoxy) is 1. The summed E-state index contributed by atoms with van der Waals surface area (Å²) >= 11 is 0. The fourth-order valence-corrected chi connectivity index (χ4v) is 2.35. The summed E-state index contributed by atoms with van der Waals surface area (Å²) in [6, 6.07) is 2.86. The van der Waals surface area contributed by atoms with Gasteiger partial charge in [-0.2, -0.15) is 0 Å². The minimum atomic E-state index is -1.10. The molecule has 22 heavy (non-hydrogen) atoms. The number of carboxylic acid groups (broad SMARTS) is 1. The number of rotatable bonds is 6. The van der Waals surface area contributed by atoms with Crippen LogP contribution in [0.5, 0.6) is 0 Å². The van der Waals surface area contributed by atoms with E-state index in [9.17, 15) is 9.59 Å². The Kier molecular flexibility index (Phi) is 5.49. The van der Waals surface area contributed by atoms with Crippen LogP contribution < -0.4 is 0 Å². The Hall–Kier alpha value is -1.95. The molecular formula is C16H22N2O4. The number of aromatic nitrogens is 1. The maximum atomic E-state index is 12.3. The highest BCUT2D eigenvalue weighted by molar-refractivity contribution is 5.95. The van der Waals surface area contributed by atoms with E-state index in [4.69, 9.17) is 9.84 Å². The minimum absolute atomic E-state index is 0.0622. The van der Waals surface area contributed by atoms with Crippen LogP contribution in [0, 0.1) is 5.92 Å². The van der Waals surface area contributed by atoms with Crippen LogP contribution in [0.15, 0.2) is 18.3 Å². The van der Waals surface area contributed by atoms with E-state index in [1.54, 1.807) is 4.90 Å². The molecule has 1 fully saturated rings. The lowest BCUT2D eigenvalue weighted by atomic mass is 10.1. The number of aromatic carboxylic acids is 1. The summed E-state index contributed by atoms with van der Waals surface area (Å²) in [6.45, 7) is 6.27. The number of carbonyl (C=O) groups is 2. The third-order valence-electron chi connectivity index (χ3n) is 3.71. The highest BCUT2D eigenvalue weighted by atomic mass is 16.5. The fraction of sp³-hybridized carbons (Fsp3) is 0.562. The van der Waals surface area contributed by atoms with Crippen LogP contribution >= 0.6 is 0 Å². The van der Waals surface area contributed by atoms with Crippen LogP contribution in [-0.2, 0) is 4.74 Å². The molecule has 1 N–H and O–H groups in total. The number of likely N-dealkylation sites (tertiary alicyclic amines) is 1. The van der Waals surface area contributed by atoms with Crippen LogP contribution in [0.2, 0.25) is 0 Å². The molecule has 6 nitrogen and oxygen atoms in total. The third kappa shape index (κ3) is 4.27. The van der Waals surface area contributed by atoms with Crippen molar-refractivity contribution in [3.63, 3.8) is 0 Å². The lowest BCUT2D eigenvalue weighted by molar-refractivity contribution is 0.0484. The first-order valence-corrected chi connectivity index (χ1v) is 7.57. The second-order valence-corrected chi connectivity index (χ2v) is 5.95. The first kappa shape index (κ1) is 16.4. The largest absolute Gasteiger partial charge is 0.477 e. The van der Waals surface area contributed by atoms with Gasteiger partial charge in [-0.3, -0.25) is 4.79 Å². The molecule has 0 saturated carbocycles. The summed E-state index contributed by atoms with van der Waals surface area (Å²) in [7, 11) is 0. The molecule has 0 radical (unpaired) electrons. The van der Waals surface area contributed by atoms with Crippen molar-refractivity contribution in [2.45, 2.75) is 32.8 Å². The van der Waals surface area contributed by atoms with Gasteiger partial charge in [-0.1, -0.05) is 13.8 Å². The number of hydrogen-bond donors (Lipinski definition) is 1. The summed E-state index contributed by atoms with van der Waals surface area (Å²) in [5.41, 5.74) is 0.348. The molecule has 120 valence electrons. The van der Waals surface area contributed by atoms with Gasteiger partial charge in [-0.05, 0) is 30.9 Å². The number of amides is 1. The molecule has 0 aliphatic carbocycles. The highest BCUT2D eigenvalue weighted by Gasteiger charge is 2.27. The van der Waals surface area contributed by atoms with Crippen LogP contribution in [0.4, 0.5) is 0 Å². The highest BCUT2D eigenvalue weighted by Crippen LogP contribution is 2.16. The Bertz CT molecular complexity index is 527. The monoisotopic (exact) mass is 306 g/mol. The first-order chi connectivity index (χ1) is 10.5. The van der Waals surface area contributed by atoms with Crippen LogP contribution in [0.3, 0.4) is 0 Å². The first-order valence-electron chi connectivity index (χ1n) is 7.57. The molecule has 0 spiro atoms. The van der Waals surface area contributed by atoms with Gasteiger partial charge in [0, 0.05) is 25.9 Å². The summed E-state index contributed by atoms with van der Waals surface area (Å²) in [6.07, 6.45) is 3.27. The van der Waals surface area contributed by atoms with Crippen molar-refractivity contribution in [2.75, 3.05) is 19.7 Å². The zero-order valence-corrected chi connectivity index (χ0v) is 13.0. The molecule has 1 atom stereocenters. The van der Waals surface area contributed by atoms with Gasteiger partial charge in [0.15, 0.2) is 0 Å². The van der Waals surface area contributed by atoms with Gasteiger partial charge in [0.1, 0.15) is 5.69 Å². The number of carboxylic acids is 1. The van der Waals surface area contributed by atoms with Crippen molar-refractivity contribution >= 4 is 11.9 Å². The topological polar surface area (TPSA) is 79.7 Å². The molecular weight excluding hydrogens is 284 g/mol. The van der Waals surface area contributed by atoms with Gasteiger partial charge in [-0.25, -0.2) is 9.78 Å². The smallest absolute Gasteiger partial charge is 0.354 e. The molecule has 2 rings (SSSR count). The van der Waals surface area contributed by atoms with Gasteiger partial charge in [0.05, 0.1) is 11.7 Å². The zero-order valence-electron chi connectivity index (χ0n) is 13.0. The maximum Gasteiger partial charge on any atom is 0.354 e. The molecule has 6 heteroatoms. The van der Waals surface area contributed by atoms with Crippen LogP contribution in [0.1, 0.15) is 47.5 Å². The standard InChI is InChI=1S/C16H22N2O4/c1-11(2)6-8-22-13-5-7-18(10-13)15(19)12-3-4-14(16(20)21)17-9-12/h3-4,9,11,13H,5-8,10H2,1-2H3,(H,20,21)/t13-/m0/s1. The van der Waals surface area contributed by atoms with Gasteiger partial charge in [0.25, 0.3) is 5.91 Å². The number of nitrogens with zero attached hydrogens (tertiary/aromatic N) is 2. The summed E-state index contributed by atoms with van der Waals surface area (Å²) < 4.78 is 5.79. The third-order valence-corrected chi connectivity index (χ3v) is 3.71. The number of pyridine rings is 1. The molecule has 1 saturated heterocycles. The molecule has 0 aromatic carbocycles. The predicted molar refractivity (Wildman–Crippen MR) is 80.9 cm³/mol. The second kappa shape index (κ2) is 7.35. The fourth-order valence-electron chi connectivity index (χ4n) is 2.35. The van der Waals surface area contributed by atoms with Gasteiger partial charge < -0.3 is 14.7 Å². The average molecular weight is 306 g/mol. The number of hydrogen-bond acceptors (Lipinski definition) is 4. The van der Waals surface area contributed by atoms with Crippen molar-refractivity contribution in [3.8, 4) is 0 Å². The molecule has 2 heterocycles. The number of carbonyl (C=O) groups excluding carboxylic acids is 1. The Morgan fingerprint density at radius 2 is 2.23 bits per heavy atom. The Balaban J connectivity index is 1.87. The summed E-state index contributed by atoms with van der Waals surface area (Å²) in [4.78, 5) is 28.6. The Morgan fingerprint density at radius 1 is 1.45 bits per heavy atom. The van der Waals surface area contributed by atoms with Crippen LogP contribution in [-0.4, -0.2) is 52.7 Å². The predicted octanol–water partition coefficient (Wildman–Crippen LogP) is 2.06. The summed E-state index contributed by atoms with van der Waals surface area (Å²) in [5, 5.41) is 8.81. The van der Waals surface area contributed by atoms with E-state index in [0.29, 0.717) is 24.6 Å². The van der Waals surface area contributed by atoms with Gasteiger partial charge in [-0.15, -0.1) is 0 Å². The molecule has 0 bridgehead atoms. The van der Waals surface area contributed by atoms with E-state index in [0.717, 1.165) is 19.4 Å². The zero-order chi connectivity index (χ0) is 16.1. The van der Waals surface area contributed by atoms with Crippen molar-refractivity contribution in [1.29, 1.82) is 0 Å². The maximum absolute atomic E-state index is 12.3. The van der Waals surface area contributed by atoms with Crippen molar-refractivity contribution in [2.24, 2.45) is 5.92 Å². The average Bonchev–Trinajstić information content (AvgIpc) is 2.95. The van der Waals surface area contributed by atoms with Gasteiger partial charge in [0.2, 0.25) is 0 Å². The molecule has 1 aromatic rings. The summed E-state index contributed by atoms with van der Waals surface area (Å²) in [5.74, 6) is -0.615. The Labute approximate surface area is 130 Å².